The number of ketones is 1. The molecule has 0 amide bonds. The third kappa shape index (κ3) is 2.01. The number of nitrogens with zero attached hydrogens (tertiary/aromatic N) is 1. The average Bonchev–Trinajstić information content (AvgIpc) is 2.74. The largest absolute Gasteiger partial charge is 0.288 e. The molecule has 2 aromatic carbocycles. The van der Waals surface area contributed by atoms with E-state index in [0.29, 0.717) is 26.9 Å². The monoisotopic (exact) mass is 302 g/mol. The Balaban J connectivity index is 2.15. The van der Waals surface area contributed by atoms with Crippen molar-refractivity contribution in [2.24, 2.45) is 0 Å². The minimum atomic E-state index is -0.188. The van der Waals surface area contributed by atoms with Gasteiger partial charge in [0.25, 0.3) is 0 Å². The van der Waals surface area contributed by atoms with Gasteiger partial charge >= 0.3 is 0 Å². The molecule has 99 valence electrons. The normalized spacial score (nSPS) is 13.2. The number of fused-ring (bicyclic) bond motifs is 1. The Kier molecular flexibility index (Phi) is 3.28. The van der Waals surface area contributed by atoms with Crippen molar-refractivity contribution in [2.75, 3.05) is 0 Å². The maximum atomic E-state index is 12.8. The minimum absolute atomic E-state index is 0.188. The third-order valence-electron chi connectivity index (χ3n) is 3.24. The van der Waals surface area contributed by atoms with Crippen LogP contribution in [0.4, 0.5) is 5.69 Å². The van der Waals surface area contributed by atoms with E-state index >= 15 is 0 Å². The van der Waals surface area contributed by atoms with Crippen molar-refractivity contribution in [3.8, 4) is 0 Å². The first-order chi connectivity index (χ1) is 9.59. The van der Waals surface area contributed by atoms with Crippen molar-refractivity contribution in [1.82, 2.24) is 5.32 Å². The summed E-state index contributed by atoms with van der Waals surface area (Å²) in [7, 11) is 0. The van der Waals surface area contributed by atoms with Gasteiger partial charge in [-0.2, -0.15) is 0 Å². The molecule has 0 N–H and O–H groups in total. The van der Waals surface area contributed by atoms with Gasteiger partial charge in [-0.1, -0.05) is 47.5 Å². The number of para-hydroxylation sites is 1. The Morgan fingerprint density at radius 1 is 1.00 bits per heavy atom. The minimum Gasteiger partial charge on any atom is -0.288 e. The lowest BCUT2D eigenvalue weighted by atomic mass is 9.96. The van der Waals surface area contributed by atoms with Gasteiger partial charge in [-0.25, -0.2) is 0 Å². The number of benzene rings is 2. The molecule has 4 heteroatoms. The fourth-order valence-corrected chi connectivity index (χ4v) is 2.91. The van der Waals surface area contributed by atoms with E-state index in [1.54, 1.807) is 18.2 Å². The highest BCUT2D eigenvalue weighted by molar-refractivity contribution is 6.45. The van der Waals surface area contributed by atoms with Gasteiger partial charge in [-0.3, -0.25) is 10.1 Å². The first-order valence-electron chi connectivity index (χ1n) is 6.10. The summed E-state index contributed by atoms with van der Waals surface area (Å²) in [5.74, 6) is -0.188. The summed E-state index contributed by atoms with van der Waals surface area (Å²) in [6.45, 7) is 1.82. The van der Waals surface area contributed by atoms with Crippen molar-refractivity contribution in [3.05, 3.63) is 69.3 Å². The standard InChI is InChI=1S/C16H10Cl2NO/c1-9-14(10-5-2-3-8-13(10)19-9)16(20)15-11(17)6-4-7-12(15)18/h2-8H,1H3. The van der Waals surface area contributed by atoms with E-state index in [4.69, 9.17) is 23.2 Å². The molecule has 0 aliphatic carbocycles. The average molecular weight is 303 g/mol. The molecule has 1 aliphatic heterocycles. The van der Waals surface area contributed by atoms with E-state index in [1.165, 1.54) is 0 Å². The molecule has 1 aliphatic rings. The second kappa shape index (κ2) is 4.97. The Labute approximate surface area is 127 Å². The molecule has 2 nitrogen and oxygen atoms in total. The van der Waals surface area contributed by atoms with Gasteiger partial charge in [0.2, 0.25) is 0 Å². The second-order valence-electron chi connectivity index (χ2n) is 4.52. The Morgan fingerprint density at radius 2 is 1.65 bits per heavy atom. The van der Waals surface area contributed by atoms with E-state index in [-0.39, 0.29) is 5.78 Å². The van der Waals surface area contributed by atoms with Gasteiger partial charge in [0.15, 0.2) is 5.78 Å². The lowest BCUT2D eigenvalue weighted by Gasteiger charge is -2.08. The zero-order valence-corrected chi connectivity index (χ0v) is 12.2. The highest BCUT2D eigenvalue weighted by atomic mass is 35.5. The summed E-state index contributed by atoms with van der Waals surface area (Å²) in [5, 5.41) is 5.12. The maximum Gasteiger partial charge on any atom is 0.198 e. The van der Waals surface area contributed by atoms with Gasteiger partial charge < -0.3 is 0 Å². The molecule has 0 aromatic heterocycles. The fourth-order valence-electron chi connectivity index (χ4n) is 2.34. The summed E-state index contributed by atoms with van der Waals surface area (Å²) in [5.41, 5.74) is 3.21. The van der Waals surface area contributed by atoms with Crippen LogP contribution in [0.5, 0.6) is 0 Å². The summed E-state index contributed by atoms with van der Waals surface area (Å²) in [4.78, 5) is 12.8. The lowest BCUT2D eigenvalue weighted by Crippen LogP contribution is -2.04. The van der Waals surface area contributed by atoms with Crippen LogP contribution < -0.4 is 5.32 Å². The molecule has 1 heterocycles. The predicted octanol–water partition coefficient (Wildman–Crippen LogP) is 4.86. The molecule has 0 unspecified atom stereocenters. The zero-order chi connectivity index (χ0) is 14.3. The van der Waals surface area contributed by atoms with Crippen molar-refractivity contribution in [3.63, 3.8) is 0 Å². The molecular weight excluding hydrogens is 293 g/mol. The van der Waals surface area contributed by atoms with Crippen LogP contribution in [0, 0.1) is 0 Å². The number of carbonyl (C=O) groups is 1. The Hall–Kier alpha value is -1.77. The molecule has 0 spiro atoms. The van der Waals surface area contributed by atoms with E-state index in [2.05, 4.69) is 5.32 Å². The topological polar surface area (TPSA) is 31.2 Å². The summed E-state index contributed by atoms with van der Waals surface area (Å²) < 4.78 is 0. The van der Waals surface area contributed by atoms with Gasteiger partial charge in [-0.15, -0.1) is 0 Å². The molecule has 1 radical (unpaired) electrons. The number of rotatable bonds is 2. The molecule has 0 atom stereocenters. The SMILES string of the molecule is CC1=C(C(=O)c2c(Cl)cccc2Cl)c2ccccc2[N]1. The number of carbonyl (C=O) groups excluding carboxylic acids is 1. The summed E-state index contributed by atoms with van der Waals surface area (Å²) in [6.07, 6.45) is 0. The van der Waals surface area contributed by atoms with Gasteiger partial charge in [0.05, 0.1) is 26.9 Å². The van der Waals surface area contributed by atoms with Crippen LogP contribution in [-0.4, -0.2) is 5.78 Å². The molecule has 0 fully saturated rings. The molecule has 0 saturated heterocycles. The predicted molar refractivity (Wildman–Crippen MR) is 81.6 cm³/mol. The number of hydrogen-bond acceptors (Lipinski definition) is 1. The van der Waals surface area contributed by atoms with E-state index in [1.807, 2.05) is 31.2 Å². The fraction of sp³-hybridized carbons (Fsp3) is 0.0625. The van der Waals surface area contributed by atoms with Crippen LogP contribution in [0.2, 0.25) is 10.0 Å². The molecule has 20 heavy (non-hydrogen) atoms. The van der Waals surface area contributed by atoms with E-state index < -0.39 is 0 Å². The third-order valence-corrected chi connectivity index (χ3v) is 3.87. The maximum absolute atomic E-state index is 12.8. The molecule has 0 saturated carbocycles. The van der Waals surface area contributed by atoms with Gasteiger partial charge in [-0.05, 0) is 25.1 Å². The first kappa shape index (κ1) is 13.2. The molecule has 3 rings (SSSR count). The van der Waals surface area contributed by atoms with Crippen LogP contribution in [0.15, 0.2) is 48.2 Å². The molecule has 2 aromatic rings. The highest BCUT2D eigenvalue weighted by Crippen LogP contribution is 2.38. The molecule has 0 bridgehead atoms. The highest BCUT2D eigenvalue weighted by Gasteiger charge is 2.28. The first-order valence-corrected chi connectivity index (χ1v) is 6.86. The Bertz CT molecular complexity index is 730. The second-order valence-corrected chi connectivity index (χ2v) is 5.33. The lowest BCUT2D eigenvalue weighted by molar-refractivity contribution is 0.105. The number of halogens is 2. The van der Waals surface area contributed by atoms with Crippen LogP contribution in [-0.2, 0) is 0 Å². The number of allylic oxidation sites excluding steroid dienone is 2. The van der Waals surface area contributed by atoms with E-state index in [9.17, 15) is 4.79 Å². The van der Waals surface area contributed by atoms with Gasteiger partial charge in [0, 0.05) is 11.3 Å². The van der Waals surface area contributed by atoms with Crippen molar-refractivity contribution in [2.45, 2.75) is 6.92 Å². The Morgan fingerprint density at radius 3 is 2.35 bits per heavy atom. The van der Waals surface area contributed by atoms with Gasteiger partial charge in [0.1, 0.15) is 0 Å². The van der Waals surface area contributed by atoms with E-state index in [0.717, 1.165) is 11.3 Å². The number of Topliss-reactive ketones (excluding diaryl/α,β-unsaturated/α-hetero) is 1. The smallest absolute Gasteiger partial charge is 0.198 e. The number of hydrogen-bond donors (Lipinski definition) is 0. The van der Waals surface area contributed by atoms with Crippen LogP contribution in [0.3, 0.4) is 0 Å². The summed E-state index contributed by atoms with van der Waals surface area (Å²) in [6, 6.07) is 12.6. The zero-order valence-electron chi connectivity index (χ0n) is 10.7. The van der Waals surface area contributed by atoms with Crippen LogP contribution in [0.25, 0.3) is 5.57 Å². The molecular formula is C16H10Cl2NO. The van der Waals surface area contributed by atoms with Crippen LogP contribution >= 0.6 is 23.2 Å². The summed E-state index contributed by atoms with van der Waals surface area (Å²) >= 11 is 12.2. The van der Waals surface area contributed by atoms with Crippen molar-refractivity contribution < 1.29 is 4.79 Å². The van der Waals surface area contributed by atoms with Crippen molar-refractivity contribution >= 4 is 40.2 Å². The van der Waals surface area contributed by atoms with Crippen LogP contribution in [0.1, 0.15) is 22.8 Å². The van der Waals surface area contributed by atoms with Crippen molar-refractivity contribution in [1.29, 1.82) is 0 Å². The quantitative estimate of drug-likeness (QED) is 0.729.